The van der Waals surface area contributed by atoms with Crippen LogP contribution in [0.15, 0.2) is 18.3 Å². The van der Waals surface area contributed by atoms with Crippen LogP contribution in [0.5, 0.6) is 0 Å². The van der Waals surface area contributed by atoms with E-state index in [1.807, 2.05) is 12.1 Å². The molecule has 0 amide bonds. The van der Waals surface area contributed by atoms with Gasteiger partial charge in [-0.2, -0.15) is 0 Å². The number of nitrogens with one attached hydrogen (secondary N) is 1. The number of rotatable bonds is 4. The average Bonchev–Trinajstić information content (AvgIpc) is 2.99. The maximum absolute atomic E-state index is 5.53. The fraction of sp³-hybridized carbons (Fsp3) is 0.400. The maximum atomic E-state index is 5.53. The molecule has 1 aromatic rings. The molecule has 0 bridgehead atoms. The number of hydrogen-bond acceptors (Lipinski definition) is 3. The number of pyridine rings is 1. The lowest BCUT2D eigenvalue weighted by Gasteiger charge is -2.05. The molecule has 3 nitrogen and oxygen atoms in total. The molecule has 0 unspecified atom stereocenters. The zero-order valence-corrected chi connectivity index (χ0v) is 8.68. The molecule has 1 fully saturated rings. The Morgan fingerprint density at radius 1 is 1.64 bits per heavy atom. The smallest absolute Gasteiger partial charge is 0.126 e. The van der Waals surface area contributed by atoms with Crippen LogP contribution in [-0.2, 0) is 0 Å². The second-order valence-corrected chi connectivity index (χ2v) is 4.06. The third-order valence-corrected chi connectivity index (χ3v) is 2.55. The Morgan fingerprint density at radius 3 is 3.07 bits per heavy atom. The molecule has 0 spiro atoms. The Balaban J connectivity index is 2.01. The van der Waals surface area contributed by atoms with E-state index in [9.17, 15) is 0 Å². The molecular formula is C10H13N3S. The number of aromatic nitrogens is 1. The fourth-order valence-corrected chi connectivity index (χ4v) is 1.38. The van der Waals surface area contributed by atoms with Crippen LogP contribution < -0.4 is 11.1 Å². The van der Waals surface area contributed by atoms with Crippen LogP contribution in [0.3, 0.4) is 0 Å². The summed E-state index contributed by atoms with van der Waals surface area (Å²) in [5, 5.41) is 3.28. The van der Waals surface area contributed by atoms with Gasteiger partial charge in [0.25, 0.3) is 0 Å². The first-order valence-electron chi connectivity index (χ1n) is 4.75. The molecular weight excluding hydrogens is 194 g/mol. The van der Waals surface area contributed by atoms with Crippen LogP contribution in [0, 0.1) is 5.92 Å². The van der Waals surface area contributed by atoms with Gasteiger partial charge in [-0.3, -0.25) is 0 Å². The van der Waals surface area contributed by atoms with Gasteiger partial charge in [-0.15, -0.1) is 0 Å². The van der Waals surface area contributed by atoms with Gasteiger partial charge in [-0.1, -0.05) is 12.2 Å². The minimum atomic E-state index is 0.418. The molecule has 1 aromatic heterocycles. The Bertz CT molecular complexity index is 347. The van der Waals surface area contributed by atoms with Crippen LogP contribution in [0.25, 0.3) is 0 Å². The highest BCUT2D eigenvalue weighted by Crippen LogP contribution is 2.28. The SMILES string of the molecule is NC(=S)c1ccnc(NCC2CC2)c1. The molecule has 2 rings (SSSR count). The molecule has 0 aromatic carbocycles. The summed E-state index contributed by atoms with van der Waals surface area (Å²) in [5.74, 6) is 1.70. The van der Waals surface area contributed by atoms with Gasteiger partial charge in [-0.05, 0) is 30.9 Å². The Kier molecular flexibility index (Phi) is 2.63. The summed E-state index contributed by atoms with van der Waals surface area (Å²) in [6.07, 6.45) is 4.40. The molecule has 74 valence electrons. The van der Waals surface area contributed by atoms with Crippen molar-refractivity contribution >= 4 is 23.0 Å². The van der Waals surface area contributed by atoms with Crippen molar-refractivity contribution in [3.8, 4) is 0 Å². The van der Waals surface area contributed by atoms with Crippen molar-refractivity contribution in [2.45, 2.75) is 12.8 Å². The van der Waals surface area contributed by atoms with Gasteiger partial charge in [0.1, 0.15) is 10.8 Å². The highest BCUT2D eigenvalue weighted by atomic mass is 32.1. The molecule has 0 atom stereocenters. The van der Waals surface area contributed by atoms with E-state index in [0.717, 1.165) is 23.8 Å². The predicted molar refractivity (Wildman–Crippen MR) is 61.3 cm³/mol. The number of thiocarbonyl (C=S) groups is 1. The maximum Gasteiger partial charge on any atom is 0.126 e. The van der Waals surface area contributed by atoms with E-state index in [2.05, 4.69) is 10.3 Å². The molecule has 14 heavy (non-hydrogen) atoms. The number of nitrogens with two attached hydrogens (primary N) is 1. The Morgan fingerprint density at radius 2 is 2.43 bits per heavy atom. The largest absolute Gasteiger partial charge is 0.389 e. The molecule has 4 heteroatoms. The van der Waals surface area contributed by atoms with Crippen molar-refractivity contribution < 1.29 is 0 Å². The Hall–Kier alpha value is -1.16. The van der Waals surface area contributed by atoms with E-state index in [-0.39, 0.29) is 0 Å². The third-order valence-electron chi connectivity index (χ3n) is 2.31. The zero-order chi connectivity index (χ0) is 9.97. The third kappa shape index (κ3) is 2.42. The molecule has 1 aliphatic rings. The number of hydrogen-bond donors (Lipinski definition) is 2. The topological polar surface area (TPSA) is 50.9 Å². The van der Waals surface area contributed by atoms with E-state index < -0.39 is 0 Å². The van der Waals surface area contributed by atoms with E-state index in [1.54, 1.807) is 6.20 Å². The predicted octanol–water partition coefficient (Wildman–Crippen LogP) is 1.54. The highest BCUT2D eigenvalue weighted by molar-refractivity contribution is 7.80. The molecule has 3 N–H and O–H groups in total. The van der Waals surface area contributed by atoms with Gasteiger partial charge < -0.3 is 11.1 Å². The van der Waals surface area contributed by atoms with Gasteiger partial charge in [0.05, 0.1) is 0 Å². The second-order valence-electron chi connectivity index (χ2n) is 3.62. The van der Waals surface area contributed by atoms with Gasteiger partial charge in [-0.25, -0.2) is 4.98 Å². The van der Waals surface area contributed by atoms with Crippen molar-refractivity contribution in [2.24, 2.45) is 11.7 Å². The van der Waals surface area contributed by atoms with E-state index in [4.69, 9.17) is 18.0 Å². The molecule has 1 heterocycles. The van der Waals surface area contributed by atoms with Crippen LogP contribution in [-0.4, -0.2) is 16.5 Å². The van der Waals surface area contributed by atoms with Gasteiger partial charge in [0, 0.05) is 18.3 Å². The van der Waals surface area contributed by atoms with Crippen LogP contribution >= 0.6 is 12.2 Å². The highest BCUT2D eigenvalue weighted by Gasteiger charge is 2.20. The quantitative estimate of drug-likeness (QED) is 0.735. The van der Waals surface area contributed by atoms with E-state index in [1.165, 1.54) is 12.8 Å². The van der Waals surface area contributed by atoms with Crippen LogP contribution in [0.4, 0.5) is 5.82 Å². The normalized spacial score (nSPS) is 15.1. The first-order valence-corrected chi connectivity index (χ1v) is 5.16. The lowest BCUT2D eigenvalue weighted by atomic mass is 10.2. The summed E-state index contributed by atoms with van der Waals surface area (Å²) < 4.78 is 0. The summed E-state index contributed by atoms with van der Waals surface area (Å²) >= 11 is 4.89. The van der Waals surface area contributed by atoms with E-state index >= 15 is 0 Å². The van der Waals surface area contributed by atoms with Gasteiger partial charge >= 0.3 is 0 Å². The molecule has 1 saturated carbocycles. The molecule has 0 aliphatic heterocycles. The summed E-state index contributed by atoms with van der Waals surface area (Å²) in [6, 6.07) is 3.72. The van der Waals surface area contributed by atoms with Gasteiger partial charge in [0.2, 0.25) is 0 Å². The summed E-state index contributed by atoms with van der Waals surface area (Å²) in [5.41, 5.74) is 6.40. The van der Waals surface area contributed by atoms with Crippen molar-refractivity contribution in [3.05, 3.63) is 23.9 Å². The number of anilines is 1. The van der Waals surface area contributed by atoms with Gasteiger partial charge in [0.15, 0.2) is 0 Å². The van der Waals surface area contributed by atoms with Crippen molar-refractivity contribution in [1.29, 1.82) is 0 Å². The van der Waals surface area contributed by atoms with E-state index in [0.29, 0.717) is 4.99 Å². The zero-order valence-electron chi connectivity index (χ0n) is 7.86. The second kappa shape index (κ2) is 3.92. The summed E-state index contributed by atoms with van der Waals surface area (Å²) in [7, 11) is 0. The van der Waals surface area contributed by atoms with Crippen molar-refractivity contribution in [1.82, 2.24) is 4.98 Å². The fourth-order valence-electron chi connectivity index (χ4n) is 1.25. The van der Waals surface area contributed by atoms with Crippen molar-refractivity contribution in [3.63, 3.8) is 0 Å². The monoisotopic (exact) mass is 207 g/mol. The first-order chi connectivity index (χ1) is 6.75. The molecule has 0 radical (unpaired) electrons. The summed E-state index contributed by atoms with van der Waals surface area (Å²) in [4.78, 5) is 4.61. The summed E-state index contributed by atoms with van der Waals surface area (Å²) in [6.45, 7) is 1.01. The van der Waals surface area contributed by atoms with Crippen molar-refractivity contribution in [2.75, 3.05) is 11.9 Å². The van der Waals surface area contributed by atoms with Crippen LogP contribution in [0.1, 0.15) is 18.4 Å². The first kappa shape index (κ1) is 9.40. The lowest BCUT2D eigenvalue weighted by molar-refractivity contribution is 0.883. The standard InChI is InChI=1S/C10H13N3S/c11-10(14)8-3-4-12-9(5-8)13-6-7-1-2-7/h3-5,7H,1-2,6H2,(H2,11,14)(H,12,13). The molecule has 0 saturated heterocycles. The molecule has 1 aliphatic carbocycles. The Labute approximate surface area is 88.7 Å². The minimum Gasteiger partial charge on any atom is -0.389 e. The number of nitrogens with zero attached hydrogens (tertiary/aromatic N) is 1. The minimum absolute atomic E-state index is 0.418. The van der Waals surface area contributed by atoms with Crippen LogP contribution in [0.2, 0.25) is 0 Å². The lowest BCUT2D eigenvalue weighted by Crippen LogP contribution is -2.11. The average molecular weight is 207 g/mol.